The van der Waals surface area contributed by atoms with E-state index in [2.05, 4.69) is 4.90 Å². The monoisotopic (exact) mass is 305 g/mol. The number of rotatable bonds is 5. The minimum absolute atomic E-state index is 0.138. The van der Waals surface area contributed by atoms with Gasteiger partial charge in [0.2, 0.25) is 5.91 Å². The highest BCUT2D eigenvalue weighted by molar-refractivity contribution is 5.73. The Morgan fingerprint density at radius 1 is 1.50 bits per heavy atom. The summed E-state index contributed by atoms with van der Waals surface area (Å²) in [6.45, 7) is 6.58. The third-order valence-electron chi connectivity index (χ3n) is 4.22. The van der Waals surface area contributed by atoms with E-state index in [1.165, 1.54) is 0 Å². The van der Waals surface area contributed by atoms with Gasteiger partial charge in [0.15, 0.2) is 0 Å². The van der Waals surface area contributed by atoms with Crippen LogP contribution in [0.5, 0.6) is 0 Å². The van der Waals surface area contributed by atoms with Crippen molar-refractivity contribution in [2.24, 2.45) is 5.92 Å². The molecule has 120 valence electrons. The zero-order valence-corrected chi connectivity index (χ0v) is 13.4. The van der Waals surface area contributed by atoms with Crippen LogP contribution in [0.15, 0.2) is 18.2 Å². The zero-order chi connectivity index (χ0) is 16.3. The minimum atomic E-state index is -0.333. The normalized spacial score (nSPS) is 18.0. The second-order valence-corrected chi connectivity index (χ2v) is 6.19. The third kappa shape index (κ3) is 4.04. The average molecular weight is 305 g/mol. The van der Waals surface area contributed by atoms with Crippen molar-refractivity contribution >= 4 is 11.6 Å². The van der Waals surface area contributed by atoms with Crippen molar-refractivity contribution < 1.29 is 9.72 Å². The fourth-order valence-corrected chi connectivity index (χ4v) is 3.03. The molecule has 1 heterocycles. The molecule has 1 aromatic rings. The molecule has 1 aromatic carbocycles. The van der Waals surface area contributed by atoms with Crippen molar-refractivity contribution in [2.45, 2.75) is 26.8 Å². The van der Waals surface area contributed by atoms with E-state index in [0.717, 1.165) is 31.6 Å². The molecule has 0 aromatic heterocycles. The third-order valence-corrected chi connectivity index (χ3v) is 4.22. The molecule has 0 N–H and O–H groups in total. The van der Waals surface area contributed by atoms with Crippen LogP contribution in [0.1, 0.15) is 24.5 Å². The van der Waals surface area contributed by atoms with Gasteiger partial charge in [0.05, 0.1) is 4.92 Å². The number of hydrogen-bond acceptors (Lipinski definition) is 4. The molecule has 22 heavy (non-hydrogen) atoms. The van der Waals surface area contributed by atoms with Gasteiger partial charge in [0.25, 0.3) is 5.69 Å². The Balaban J connectivity index is 1.92. The number of likely N-dealkylation sites (tertiary alicyclic amines) is 1. The maximum atomic E-state index is 11.4. The number of carbonyl (C=O) groups is 1. The smallest absolute Gasteiger partial charge is 0.272 e. The van der Waals surface area contributed by atoms with Gasteiger partial charge in [0.1, 0.15) is 0 Å². The minimum Gasteiger partial charge on any atom is -0.343 e. The topological polar surface area (TPSA) is 66.7 Å². The molecule has 1 saturated heterocycles. The summed E-state index contributed by atoms with van der Waals surface area (Å²) in [4.78, 5) is 26.1. The van der Waals surface area contributed by atoms with Gasteiger partial charge < -0.3 is 9.80 Å². The number of nitro groups is 1. The predicted octanol–water partition coefficient (Wildman–Crippen LogP) is 2.20. The Hall–Kier alpha value is -1.95. The van der Waals surface area contributed by atoms with E-state index in [1.54, 1.807) is 26.0 Å². The zero-order valence-electron chi connectivity index (χ0n) is 13.4. The number of nitrogens with zero attached hydrogens (tertiary/aromatic N) is 3. The average Bonchev–Trinajstić information content (AvgIpc) is 2.89. The van der Waals surface area contributed by atoms with Crippen LogP contribution in [0.3, 0.4) is 0 Å². The van der Waals surface area contributed by atoms with Crippen LogP contribution in [0.2, 0.25) is 0 Å². The van der Waals surface area contributed by atoms with E-state index in [0.29, 0.717) is 18.0 Å². The lowest BCUT2D eigenvalue weighted by Gasteiger charge is -2.21. The Bertz CT molecular complexity index is 574. The van der Waals surface area contributed by atoms with E-state index >= 15 is 0 Å². The molecular weight excluding hydrogens is 282 g/mol. The van der Waals surface area contributed by atoms with Gasteiger partial charge >= 0.3 is 0 Å². The van der Waals surface area contributed by atoms with Gasteiger partial charge in [-0.15, -0.1) is 0 Å². The van der Waals surface area contributed by atoms with Crippen LogP contribution >= 0.6 is 0 Å². The van der Waals surface area contributed by atoms with Crippen LogP contribution in [-0.2, 0) is 11.3 Å². The summed E-state index contributed by atoms with van der Waals surface area (Å²) in [5.74, 6) is 0.619. The maximum absolute atomic E-state index is 11.4. The molecule has 0 saturated carbocycles. The molecule has 1 amide bonds. The van der Waals surface area contributed by atoms with Crippen molar-refractivity contribution in [1.29, 1.82) is 0 Å². The molecule has 0 radical (unpaired) electrons. The van der Waals surface area contributed by atoms with Crippen LogP contribution in [0.25, 0.3) is 0 Å². The van der Waals surface area contributed by atoms with Crippen LogP contribution in [0.4, 0.5) is 5.69 Å². The summed E-state index contributed by atoms with van der Waals surface area (Å²) in [6.07, 6.45) is 1.03. The van der Waals surface area contributed by atoms with Gasteiger partial charge in [-0.2, -0.15) is 0 Å². The summed E-state index contributed by atoms with van der Waals surface area (Å²) in [5, 5.41) is 11.0. The van der Waals surface area contributed by atoms with Crippen molar-refractivity contribution in [3.63, 3.8) is 0 Å². The van der Waals surface area contributed by atoms with Crippen LogP contribution < -0.4 is 0 Å². The molecule has 1 aliphatic heterocycles. The lowest BCUT2D eigenvalue weighted by atomic mass is 10.1. The van der Waals surface area contributed by atoms with E-state index < -0.39 is 0 Å². The first-order chi connectivity index (χ1) is 10.4. The Morgan fingerprint density at radius 2 is 2.23 bits per heavy atom. The SMILES string of the molecule is CC(=O)N1CCC(CN(C)Cc2ccc(C)c([N+](=O)[O-])c2)C1. The van der Waals surface area contributed by atoms with Crippen molar-refractivity contribution in [3.05, 3.63) is 39.4 Å². The number of carbonyl (C=O) groups excluding carboxylic acids is 1. The van der Waals surface area contributed by atoms with Gasteiger partial charge in [0, 0.05) is 44.7 Å². The number of hydrogen-bond donors (Lipinski definition) is 0. The molecule has 1 fully saturated rings. The number of benzene rings is 1. The lowest BCUT2D eigenvalue weighted by molar-refractivity contribution is -0.385. The Morgan fingerprint density at radius 3 is 2.82 bits per heavy atom. The highest BCUT2D eigenvalue weighted by Gasteiger charge is 2.25. The van der Waals surface area contributed by atoms with Gasteiger partial charge in [-0.05, 0) is 31.9 Å². The van der Waals surface area contributed by atoms with Gasteiger partial charge in [-0.1, -0.05) is 12.1 Å². The molecule has 1 aliphatic rings. The summed E-state index contributed by atoms with van der Waals surface area (Å²) in [5.41, 5.74) is 1.81. The highest BCUT2D eigenvalue weighted by Crippen LogP contribution is 2.21. The van der Waals surface area contributed by atoms with Crippen molar-refractivity contribution in [1.82, 2.24) is 9.80 Å². The largest absolute Gasteiger partial charge is 0.343 e. The molecule has 6 nitrogen and oxygen atoms in total. The first kappa shape index (κ1) is 16.4. The fourth-order valence-electron chi connectivity index (χ4n) is 3.03. The quantitative estimate of drug-likeness (QED) is 0.618. The summed E-state index contributed by atoms with van der Waals surface area (Å²) < 4.78 is 0. The molecule has 0 bridgehead atoms. The predicted molar refractivity (Wildman–Crippen MR) is 84.5 cm³/mol. The number of nitro benzene ring substituents is 1. The van der Waals surface area contributed by atoms with E-state index in [9.17, 15) is 14.9 Å². The van der Waals surface area contributed by atoms with Crippen LogP contribution in [-0.4, -0.2) is 47.3 Å². The summed E-state index contributed by atoms with van der Waals surface area (Å²) in [7, 11) is 2.02. The standard InChI is InChI=1S/C16H23N3O3/c1-12-4-5-14(8-16(12)19(21)22)9-17(3)10-15-6-7-18(11-15)13(2)20/h4-5,8,15H,6-7,9-11H2,1-3H3. The second-order valence-electron chi connectivity index (χ2n) is 6.19. The van der Waals surface area contributed by atoms with E-state index in [-0.39, 0.29) is 16.5 Å². The Labute approximate surface area is 130 Å². The molecule has 0 spiro atoms. The van der Waals surface area contributed by atoms with Gasteiger partial charge in [-0.25, -0.2) is 0 Å². The number of aryl methyl sites for hydroxylation is 1. The molecular formula is C16H23N3O3. The number of amides is 1. The molecule has 2 rings (SSSR count). The lowest BCUT2D eigenvalue weighted by Crippen LogP contribution is -2.30. The Kier molecular flexibility index (Phi) is 5.13. The fraction of sp³-hybridized carbons (Fsp3) is 0.562. The first-order valence-corrected chi connectivity index (χ1v) is 7.54. The van der Waals surface area contributed by atoms with Crippen molar-refractivity contribution in [2.75, 3.05) is 26.7 Å². The van der Waals surface area contributed by atoms with Gasteiger partial charge in [-0.3, -0.25) is 14.9 Å². The van der Waals surface area contributed by atoms with E-state index in [4.69, 9.17) is 0 Å². The molecule has 1 unspecified atom stereocenters. The first-order valence-electron chi connectivity index (χ1n) is 7.54. The molecule has 1 atom stereocenters. The second kappa shape index (κ2) is 6.87. The maximum Gasteiger partial charge on any atom is 0.272 e. The summed E-state index contributed by atoms with van der Waals surface area (Å²) in [6, 6.07) is 5.39. The van der Waals surface area contributed by atoms with E-state index in [1.807, 2.05) is 18.0 Å². The van der Waals surface area contributed by atoms with Crippen molar-refractivity contribution in [3.8, 4) is 0 Å². The van der Waals surface area contributed by atoms with Crippen LogP contribution in [0, 0.1) is 23.0 Å². The molecule has 6 heteroatoms. The highest BCUT2D eigenvalue weighted by atomic mass is 16.6. The summed E-state index contributed by atoms with van der Waals surface area (Å²) >= 11 is 0. The molecule has 0 aliphatic carbocycles.